The Hall–Kier alpha value is -3.02. The van der Waals surface area contributed by atoms with Crippen molar-refractivity contribution >= 4 is 19.4 Å². The van der Waals surface area contributed by atoms with E-state index in [1.807, 2.05) is 42.5 Å². The van der Waals surface area contributed by atoms with E-state index in [1.165, 1.54) is 12.3 Å². The number of halogens is 2. The number of aromatic nitrogens is 1. The highest BCUT2D eigenvalue weighted by Gasteiger charge is 2.19. The Morgan fingerprint density at radius 3 is 2.50 bits per heavy atom. The quantitative estimate of drug-likeness (QED) is 0.499. The zero-order chi connectivity index (χ0) is 16.8. The number of para-hydroxylation sites is 1. The Morgan fingerprint density at radius 2 is 1.79 bits per heavy atom. The molecule has 1 heterocycles. The number of rotatable bonds is 5. The zero-order valence-electron chi connectivity index (χ0n) is 12.6. The molecule has 0 fully saturated rings. The lowest BCUT2D eigenvalue weighted by molar-refractivity contribution is 0.426. The molecule has 0 amide bonds. The van der Waals surface area contributed by atoms with Gasteiger partial charge >= 0.3 is 7.47 Å². The molecule has 0 spiro atoms. The lowest BCUT2D eigenvalue weighted by Gasteiger charge is -2.09. The molecular weight excluding hydrogens is 309 g/mol. The molecule has 0 radical (unpaired) electrons. The maximum Gasteiger partial charge on any atom is 0.796 e. The molecule has 1 aromatic heterocycles. The third-order valence-electron chi connectivity index (χ3n) is 3.33. The number of pyridine rings is 1. The molecule has 6 heteroatoms. The highest BCUT2D eigenvalue weighted by Crippen LogP contribution is 2.26. The summed E-state index contributed by atoms with van der Waals surface area (Å²) in [5.74, 6) is 0.0809. The maximum atomic E-state index is 12.6. The fourth-order valence-electron chi connectivity index (χ4n) is 2.22. The summed E-state index contributed by atoms with van der Waals surface area (Å²) in [4.78, 5) is 8.38. The van der Waals surface area contributed by atoms with Gasteiger partial charge in [0.1, 0.15) is 5.75 Å². The summed E-state index contributed by atoms with van der Waals surface area (Å²) in [6.07, 6.45) is 4.91. The Balaban J connectivity index is 1.98. The van der Waals surface area contributed by atoms with Crippen LogP contribution in [0.4, 0.5) is 14.3 Å². The Morgan fingerprint density at radius 1 is 0.958 bits per heavy atom. The predicted octanol–water partition coefficient (Wildman–Crippen LogP) is 4.80. The monoisotopic (exact) mass is 322 g/mol. The molecule has 24 heavy (non-hydrogen) atoms. The van der Waals surface area contributed by atoms with Crippen molar-refractivity contribution in [2.45, 2.75) is 0 Å². The first-order valence-electron chi connectivity index (χ1n) is 7.31. The average Bonchev–Trinajstić information content (AvgIpc) is 2.62. The van der Waals surface area contributed by atoms with E-state index >= 15 is 0 Å². The summed E-state index contributed by atoms with van der Waals surface area (Å²) in [7, 11) is -2.89. The summed E-state index contributed by atoms with van der Waals surface area (Å²) in [5, 5.41) is 0. The minimum atomic E-state index is -2.89. The largest absolute Gasteiger partial charge is 0.796 e. The van der Waals surface area contributed by atoms with Crippen molar-refractivity contribution in [2.75, 3.05) is 0 Å². The van der Waals surface area contributed by atoms with E-state index in [-0.39, 0.29) is 5.75 Å². The Labute approximate surface area is 138 Å². The van der Waals surface area contributed by atoms with Gasteiger partial charge in [-0.05, 0) is 35.9 Å². The van der Waals surface area contributed by atoms with Gasteiger partial charge in [-0.2, -0.15) is 0 Å². The van der Waals surface area contributed by atoms with Crippen LogP contribution in [0.3, 0.4) is 0 Å². The zero-order valence-corrected chi connectivity index (χ0v) is 12.6. The van der Waals surface area contributed by atoms with Crippen molar-refractivity contribution in [3.05, 3.63) is 78.6 Å². The van der Waals surface area contributed by atoms with Crippen LogP contribution >= 0.6 is 0 Å². The molecule has 0 bridgehead atoms. The number of hydrogen-bond donors (Lipinski definition) is 0. The van der Waals surface area contributed by atoms with Gasteiger partial charge in [0.25, 0.3) is 0 Å². The summed E-state index contributed by atoms with van der Waals surface area (Å²) in [5.41, 5.74) is 2.93. The van der Waals surface area contributed by atoms with Gasteiger partial charge < -0.3 is 4.65 Å². The van der Waals surface area contributed by atoms with Gasteiger partial charge in [0.05, 0.1) is 5.69 Å². The van der Waals surface area contributed by atoms with Crippen LogP contribution in [0.15, 0.2) is 78.0 Å². The Kier molecular flexibility index (Phi) is 4.96. The minimum absolute atomic E-state index is 0.0809. The maximum absolute atomic E-state index is 12.6. The molecule has 3 nitrogen and oxygen atoms in total. The van der Waals surface area contributed by atoms with Crippen molar-refractivity contribution in [1.29, 1.82) is 0 Å². The van der Waals surface area contributed by atoms with Crippen LogP contribution in [-0.2, 0) is 0 Å². The molecule has 0 atom stereocenters. The first-order valence-corrected chi connectivity index (χ1v) is 7.31. The minimum Gasteiger partial charge on any atom is -0.505 e. The fourth-order valence-corrected chi connectivity index (χ4v) is 2.22. The van der Waals surface area contributed by atoms with Gasteiger partial charge in [-0.15, -0.1) is 0 Å². The van der Waals surface area contributed by atoms with E-state index in [1.54, 1.807) is 24.5 Å². The summed E-state index contributed by atoms with van der Waals surface area (Å²) in [6, 6.07) is 17.9. The topological polar surface area (TPSA) is 34.5 Å². The van der Waals surface area contributed by atoms with Crippen molar-refractivity contribution in [3.8, 4) is 16.9 Å². The second-order valence-electron chi connectivity index (χ2n) is 4.97. The highest BCUT2D eigenvalue weighted by atomic mass is 19.2. The number of nitrogens with zero attached hydrogens (tertiary/aromatic N) is 2. The van der Waals surface area contributed by atoms with Gasteiger partial charge in [-0.1, -0.05) is 30.3 Å². The van der Waals surface area contributed by atoms with Crippen molar-refractivity contribution in [2.24, 2.45) is 4.99 Å². The first kappa shape index (κ1) is 15.9. The molecule has 0 aliphatic rings. The highest BCUT2D eigenvalue weighted by molar-refractivity contribution is 6.35. The van der Waals surface area contributed by atoms with Gasteiger partial charge in [0.2, 0.25) is 0 Å². The third-order valence-corrected chi connectivity index (χ3v) is 3.33. The van der Waals surface area contributed by atoms with Gasteiger partial charge in [0, 0.05) is 29.7 Å². The van der Waals surface area contributed by atoms with Gasteiger partial charge in [-0.3, -0.25) is 9.98 Å². The van der Waals surface area contributed by atoms with Crippen LogP contribution in [0, 0.1) is 0 Å². The van der Waals surface area contributed by atoms with Crippen LogP contribution in [0.2, 0.25) is 0 Å². The van der Waals surface area contributed by atoms with E-state index < -0.39 is 7.47 Å². The number of aliphatic imine (C=N–C) groups is 1. The summed E-state index contributed by atoms with van der Waals surface area (Å²) in [6.45, 7) is 0. The predicted molar refractivity (Wildman–Crippen MR) is 92.0 cm³/mol. The molecule has 0 unspecified atom stereocenters. The van der Waals surface area contributed by atoms with Crippen molar-refractivity contribution in [3.63, 3.8) is 0 Å². The summed E-state index contributed by atoms with van der Waals surface area (Å²) >= 11 is 0. The lowest BCUT2D eigenvalue weighted by Crippen LogP contribution is -2.10. The molecule has 2 aromatic carbocycles. The van der Waals surface area contributed by atoms with E-state index in [2.05, 4.69) is 14.6 Å². The molecule has 3 rings (SSSR count). The van der Waals surface area contributed by atoms with E-state index in [9.17, 15) is 8.63 Å². The molecule has 0 saturated heterocycles. The number of benzene rings is 2. The van der Waals surface area contributed by atoms with Crippen LogP contribution in [0.25, 0.3) is 11.1 Å². The van der Waals surface area contributed by atoms with Crippen LogP contribution in [-0.4, -0.2) is 18.7 Å². The molecule has 0 aliphatic carbocycles. The molecule has 118 valence electrons. The third kappa shape index (κ3) is 4.04. The first-order chi connectivity index (χ1) is 11.7. The van der Waals surface area contributed by atoms with Crippen LogP contribution < -0.4 is 4.65 Å². The second kappa shape index (κ2) is 7.50. The lowest BCUT2D eigenvalue weighted by atomic mass is 10.0. The van der Waals surface area contributed by atoms with Crippen molar-refractivity contribution in [1.82, 2.24) is 4.98 Å². The standard InChI is InChI=1S/C18H13BF2N2O/c20-19(21)24-18-9-8-14(15-5-4-10-22-12-15)11-16(18)13-23-17-6-2-1-3-7-17/h1-13H. The molecule has 3 aromatic rings. The smallest absolute Gasteiger partial charge is 0.505 e. The second-order valence-corrected chi connectivity index (χ2v) is 4.97. The average molecular weight is 322 g/mol. The van der Waals surface area contributed by atoms with Gasteiger partial charge in [-0.25, -0.2) is 8.63 Å². The van der Waals surface area contributed by atoms with Crippen molar-refractivity contribution < 1.29 is 13.3 Å². The molecule has 0 saturated carbocycles. The Bertz CT molecular complexity index is 827. The van der Waals surface area contributed by atoms with Crippen LogP contribution in [0.5, 0.6) is 5.75 Å². The van der Waals surface area contributed by atoms with E-state index in [0.717, 1.165) is 16.8 Å². The summed E-state index contributed by atoms with van der Waals surface area (Å²) < 4.78 is 29.8. The van der Waals surface area contributed by atoms with E-state index in [0.29, 0.717) is 5.56 Å². The molecule has 0 aliphatic heterocycles. The molecular formula is C18H13BF2N2O. The van der Waals surface area contributed by atoms with Crippen LogP contribution in [0.1, 0.15) is 5.56 Å². The number of hydrogen-bond acceptors (Lipinski definition) is 3. The SMILES string of the molecule is FB(F)Oc1ccc(-c2cccnc2)cc1C=Nc1ccccc1. The molecule has 0 N–H and O–H groups in total. The normalized spacial score (nSPS) is 10.8. The fraction of sp³-hybridized carbons (Fsp3) is 0. The van der Waals surface area contributed by atoms with Gasteiger partial charge in [0.15, 0.2) is 0 Å². The van der Waals surface area contributed by atoms with E-state index in [4.69, 9.17) is 0 Å².